The fraction of sp³-hybridized carbons (Fsp3) is 0.158. The van der Waals surface area contributed by atoms with Crippen LogP contribution < -0.4 is 10.1 Å². The Bertz CT molecular complexity index is 946. The molecule has 9 heteroatoms. The highest BCUT2D eigenvalue weighted by atomic mass is 32.2. The van der Waals surface area contributed by atoms with Crippen molar-refractivity contribution in [1.82, 2.24) is 5.32 Å². The minimum Gasteiger partial charge on any atom is -0.497 e. The van der Waals surface area contributed by atoms with Crippen LogP contribution in [0.15, 0.2) is 68.5 Å². The van der Waals surface area contributed by atoms with Crippen LogP contribution in [0.3, 0.4) is 0 Å². The average molecular weight is 415 g/mol. The molecule has 1 aliphatic rings. The largest absolute Gasteiger partial charge is 0.497 e. The number of hydrogen-bond acceptors (Lipinski definition) is 7. The van der Waals surface area contributed by atoms with Crippen LogP contribution in [0, 0.1) is 0 Å². The maximum Gasteiger partial charge on any atom is 0.305 e. The number of amidine groups is 1. The van der Waals surface area contributed by atoms with Crippen LogP contribution in [-0.2, 0) is 9.59 Å². The van der Waals surface area contributed by atoms with Crippen molar-refractivity contribution in [2.24, 2.45) is 10.2 Å². The lowest BCUT2D eigenvalue weighted by molar-refractivity contribution is -0.138. The number of methoxy groups -OCH3 is 1. The zero-order chi connectivity index (χ0) is 19.9. The summed E-state index contributed by atoms with van der Waals surface area (Å²) >= 11 is 2.64. The Morgan fingerprint density at radius 3 is 2.93 bits per heavy atom. The molecule has 144 valence electrons. The Balaban J connectivity index is 1.71. The van der Waals surface area contributed by atoms with Gasteiger partial charge in [0.25, 0.3) is 0 Å². The van der Waals surface area contributed by atoms with Gasteiger partial charge in [-0.25, -0.2) is 0 Å². The van der Waals surface area contributed by atoms with Gasteiger partial charge in [0.15, 0.2) is 5.17 Å². The molecule has 0 aliphatic carbocycles. The van der Waals surface area contributed by atoms with Gasteiger partial charge in [0.05, 0.1) is 19.7 Å². The third kappa shape index (κ3) is 5.37. The van der Waals surface area contributed by atoms with E-state index >= 15 is 0 Å². The first-order valence-corrected chi connectivity index (χ1v) is 9.96. The average Bonchev–Trinajstić information content (AvgIpc) is 3.02. The maximum atomic E-state index is 11.7. The highest BCUT2D eigenvalue weighted by Crippen LogP contribution is 2.31. The molecule has 0 aromatic heterocycles. The first-order valence-electron chi connectivity index (χ1n) is 8.26. The topological polar surface area (TPSA) is 100 Å². The van der Waals surface area contributed by atoms with Crippen LogP contribution in [0.5, 0.6) is 5.75 Å². The number of nitrogens with zero attached hydrogens (tertiary/aromatic N) is 2. The molecule has 28 heavy (non-hydrogen) atoms. The zero-order valence-electron chi connectivity index (χ0n) is 14.9. The summed E-state index contributed by atoms with van der Waals surface area (Å²) in [6, 6.07) is 15.5. The van der Waals surface area contributed by atoms with Crippen molar-refractivity contribution in [3.05, 3.63) is 54.1 Å². The molecule has 7 nitrogen and oxygen atoms in total. The summed E-state index contributed by atoms with van der Waals surface area (Å²) in [5.74, 6) is -0.608. The molecule has 2 aromatic rings. The second-order valence-corrected chi connectivity index (χ2v) is 7.97. The number of nitrogens with one attached hydrogen (secondary N) is 1. The lowest BCUT2D eigenvalue weighted by Gasteiger charge is -2.06. The molecule has 2 N–H and O–H groups in total. The summed E-state index contributed by atoms with van der Waals surface area (Å²) in [5, 5.41) is 19.0. The smallest absolute Gasteiger partial charge is 0.305 e. The lowest BCUT2D eigenvalue weighted by atomic mass is 10.2. The van der Waals surface area contributed by atoms with Gasteiger partial charge in [0.1, 0.15) is 11.0 Å². The fourth-order valence-electron chi connectivity index (χ4n) is 2.36. The van der Waals surface area contributed by atoms with E-state index in [9.17, 15) is 9.59 Å². The Kier molecular flexibility index (Phi) is 6.72. The Labute approximate surface area is 170 Å². The number of carboxylic acid groups (broad SMARTS) is 1. The van der Waals surface area contributed by atoms with E-state index in [1.165, 1.54) is 0 Å². The van der Waals surface area contributed by atoms with E-state index in [-0.39, 0.29) is 12.3 Å². The lowest BCUT2D eigenvalue weighted by Crippen LogP contribution is -2.26. The highest BCUT2D eigenvalue weighted by Gasteiger charge is 2.32. The predicted molar refractivity (Wildman–Crippen MR) is 110 cm³/mol. The normalized spacial score (nSPS) is 17.8. The second-order valence-electron chi connectivity index (χ2n) is 5.66. The maximum absolute atomic E-state index is 11.7. The SMILES string of the molecule is COc1cccc(Sc2ccccc2C=NN=C2NC(=O)C(CC(=O)O)S2)c1. The molecule has 1 fully saturated rings. The van der Waals surface area contributed by atoms with Crippen molar-refractivity contribution < 1.29 is 19.4 Å². The number of hydrogen-bond donors (Lipinski definition) is 2. The summed E-state index contributed by atoms with van der Waals surface area (Å²) in [6.45, 7) is 0. The van der Waals surface area contributed by atoms with E-state index in [0.717, 1.165) is 32.9 Å². The van der Waals surface area contributed by atoms with Crippen molar-refractivity contribution >= 4 is 46.8 Å². The van der Waals surface area contributed by atoms with Crippen LogP contribution in [0.1, 0.15) is 12.0 Å². The van der Waals surface area contributed by atoms with Gasteiger partial charge in [-0.3, -0.25) is 9.59 Å². The first-order chi connectivity index (χ1) is 13.5. The quantitative estimate of drug-likeness (QED) is 0.532. The summed E-state index contributed by atoms with van der Waals surface area (Å²) in [4.78, 5) is 24.5. The van der Waals surface area contributed by atoms with Crippen LogP contribution in [0.4, 0.5) is 0 Å². The summed E-state index contributed by atoms with van der Waals surface area (Å²) in [7, 11) is 1.63. The molecule has 3 rings (SSSR count). The highest BCUT2D eigenvalue weighted by molar-refractivity contribution is 8.15. The third-order valence-electron chi connectivity index (χ3n) is 3.67. The number of amides is 1. The molecule has 2 aromatic carbocycles. The van der Waals surface area contributed by atoms with Gasteiger partial charge in [-0.15, -0.1) is 5.10 Å². The molecule has 0 radical (unpaired) electrons. The molecule has 1 unspecified atom stereocenters. The van der Waals surface area contributed by atoms with Crippen LogP contribution >= 0.6 is 23.5 Å². The van der Waals surface area contributed by atoms with E-state index in [1.54, 1.807) is 25.1 Å². The molecule has 1 aliphatic heterocycles. The predicted octanol–water partition coefficient (Wildman–Crippen LogP) is 3.24. The third-order valence-corrected chi connectivity index (χ3v) is 5.82. The number of carbonyl (C=O) groups excluding carboxylic acids is 1. The van der Waals surface area contributed by atoms with Crippen LogP contribution in [0.2, 0.25) is 0 Å². The van der Waals surface area contributed by atoms with Gasteiger partial charge in [-0.1, -0.05) is 47.8 Å². The number of ether oxygens (including phenoxy) is 1. The standard InChI is InChI=1S/C19H17N3O4S2/c1-26-13-6-4-7-14(9-13)27-15-8-3-2-5-12(15)11-20-22-19-21-18(25)16(28-19)10-17(23)24/h2-9,11,16H,10H2,1H3,(H,23,24)(H,21,22,25). The van der Waals surface area contributed by atoms with E-state index in [4.69, 9.17) is 9.84 Å². The van der Waals surface area contributed by atoms with Crippen molar-refractivity contribution in [3.63, 3.8) is 0 Å². The monoisotopic (exact) mass is 415 g/mol. The summed E-state index contributed by atoms with van der Waals surface area (Å²) in [6.07, 6.45) is 1.35. The molecule has 1 amide bonds. The van der Waals surface area contributed by atoms with Crippen molar-refractivity contribution in [2.75, 3.05) is 7.11 Å². The van der Waals surface area contributed by atoms with E-state index in [2.05, 4.69) is 15.5 Å². The van der Waals surface area contributed by atoms with E-state index in [0.29, 0.717) is 5.17 Å². The molecule has 0 bridgehead atoms. The Morgan fingerprint density at radius 2 is 2.14 bits per heavy atom. The number of aliphatic carboxylic acids is 1. The minimum absolute atomic E-state index is 0.251. The number of rotatable bonds is 7. The molecular weight excluding hydrogens is 398 g/mol. The molecule has 0 saturated carbocycles. The van der Waals surface area contributed by atoms with Gasteiger partial charge < -0.3 is 15.2 Å². The minimum atomic E-state index is -1.03. The number of carbonyl (C=O) groups is 2. The van der Waals surface area contributed by atoms with Gasteiger partial charge in [-0.05, 0) is 24.3 Å². The summed E-state index contributed by atoms with van der Waals surface area (Å²) < 4.78 is 5.26. The van der Waals surface area contributed by atoms with Gasteiger partial charge >= 0.3 is 5.97 Å². The van der Waals surface area contributed by atoms with Gasteiger partial charge in [0, 0.05) is 15.4 Å². The Morgan fingerprint density at radius 1 is 1.32 bits per heavy atom. The fourth-order valence-corrected chi connectivity index (χ4v) is 4.24. The van der Waals surface area contributed by atoms with Gasteiger partial charge in [0.2, 0.25) is 5.91 Å². The molecule has 1 heterocycles. The summed E-state index contributed by atoms with van der Waals surface area (Å²) in [5.41, 5.74) is 0.871. The first kappa shape index (κ1) is 20.0. The van der Waals surface area contributed by atoms with Crippen LogP contribution in [0.25, 0.3) is 0 Å². The second kappa shape index (κ2) is 9.43. The van der Waals surface area contributed by atoms with E-state index in [1.807, 2.05) is 48.5 Å². The van der Waals surface area contributed by atoms with E-state index < -0.39 is 11.2 Å². The molecule has 1 atom stereocenters. The molecule has 1 saturated heterocycles. The van der Waals surface area contributed by atoms with Crippen LogP contribution in [-0.4, -0.2) is 40.7 Å². The molecular formula is C19H17N3O4S2. The number of benzene rings is 2. The van der Waals surface area contributed by atoms with Crippen molar-refractivity contribution in [2.45, 2.75) is 21.5 Å². The van der Waals surface area contributed by atoms with Crippen molar-refractivity contribution in [3.8, 4) is 5.75 Å². The molecule has 0 spiro atoms. The number of carboxylic acids is 1. The van der Waals surface area contributed by atoms with Crippen molar-refractivity contribution in [1.29, 1.82) is 0 Å². The van der Waals surface area contributed by atoms with Gasteiger partial charge in [-0.2, -0.15) is 5.10 Å². The zero-order valence-corrected chi connectivity index (χ0v) is 16.5. The Hall–Kier alpha value is -2.78. The number of thioether (sulfide) groups is 1.